The Labute approximate surface area is 103 Å². The lowest BCUT2D eigenvalue weighted by molar-refractivity contribution is -0.387. The maximum atomic E-state index is 11.0. The highest BCUT2D eigenvalue weighted by atomic mass is 32.2. The van der Waals surface area contributed by atoms with Crippen LogP contribution >= 0.6 is 11.8 Å². The van der Waals surface area contributed by atoms with Gasteiger partial charge in [-0.15, -0.1) is 0 Å². The van der Waals surface area contributed by atoms with Crippen LogP contribution < -0.4 is 0 Å². The van der Waals surface area contributed by atoms with E-state index in [-0.39, 0.29) is 10.6 Å². The maximum absolute atomic E-state index is 11.0. The SMILES string of the molecule is Cc1ccc(Sc2nccn2C)c([N+](=O)[O-])c1. The van der Waals surface area contributed by atoms with Gasteiger partial charge in [-0.05, 0) is 30.3 Å². The Morgan fingerprint density at radius 1 is 1.47 bits per heavy atom. The van der Waals surface area contributed by atoms with E-state index in [1.807, 2.05) is 30.8 Å². The average molecular weight is 249 g/mol. The second-order valence-electron chi connectivity index (χ2n) is 3.65. The number of hydrogen-bond acceptors (Lipinski definition) is 4. The van der Waals surface area contributed by atoms with Crippen LogP contribution in [0.2, 0.25) is 0 Å². The van der Waals surface area contributed by atoms with Crippen molar-refractivity contribution in [2.45, 2.75) is 17.0 Å². The minimum absolute atomic E-state index is 0.123. The minimum atomic E-state index is -0.363. The second-order valence-corrected chi connectivity index (χ2v) is 4.66. The summed E-state index contributed by atoms with van der Waals surface area (Å²) in [5, 5.41) is 11.7. The third kappa shape index (κ3) is 2.47. The van der Waals surface area contributed by atoms with Crippen molar-refractivity contribution in [2.24, 2.45) is 7.05 Å². The highest BCUT2D eigenvalue weighted by Gasteiger charge is 2.16. The van der Waals surface area contributed by atoms with Crippen LogP contribution in [0.4, 0.5) is 5.69 Å². The summed E-state index contributed by atoms with van der Waals surface area (Å²) in [6.45, 7) is 1.84. The van der Waals surface area contributed by atoms with Crippen LogP contribution in [0.25, 0.3) is 0 Å². The molecule has 0 amide bonds. The first kappa shape index (κ1) is 11.7. The third-order valence-corrected chi connectivity index (χ3v) is 3.43. The Kier molecular flexibility index (Phi) is 3.14. The molecular formula is C11H11N3O2S. The van der Waals surface area contributed by atoms with Crippen molar-refractivity contribution in [3.63, 3.8) is 0 Å². The molecule has 0 saturated carbocycles. The van der Waals surface area contributed by atoms with Crippen LogP contribution in [-0.2, 0) is 7.05 Å². The number of aromatic nitrogens is 2. The molecule has 1 heterocycles. The Hall–Kier alpha value is -1.82. The Balaban J connectivity index is 2.39. The predicted molar refractivity (Wildman–Crippen MR) is 65.2 cm³/mol. The molecule has 0 saturated heterocycles. The summed E-state index contributed by atoms with van der Waals surface area (Å²) in [7, 11) is 1.86. The molecule has 0 N–H and O–H groups in total. The first-order valence-corrected chi connectivity index (χ1v) is 5.80. The molecule has 0 aliphatic carbocycles. The van der Waals surface area contributed by atoms with E-state index in [4.69, 9.17) is 0 Å². The second kappa shape index (κ2) is 4.58. The van der Waals surface area contributed by atoms with E-state index < -0.39 is 0 Å². The van der Waals surface area contributed by atoms with Gasteiger partial charge >= 0.3 is 0 Å². The van der Waals surface area contributed by atoms with E-state index in [9.17, 15) is 10.1 Å². The fraction of sp³-hybridized carbons (Fsp3) is 0.182. The molecule has 17 heavy (non-hydrogen) atoms. The lowest BCUT2D eigenvalue weighted by Gasteiger charge is -2.03. The smallest absolute Gasteiger partial charge is 0.283 e. The summed E-state index contributed by atoms with van der Waals surface area (Å²) >= 11 is 1.29. The normalized spacial score (nSPS) is 10.5. The summed E-state index contributed by atoms with van der Waals surface area (Å²) in [6.07, 6.45) is 3.48. The van der Waals surface area contributed by atoms with Crippen LogP contribution in [0.15, 0.2) is 40.6 Å². The topological polar surface area (TPSA) is 61.0 Å². The molecule has 2 rings (SSSR count). The maximum Gasteiger partial charge on any atom is 0.283 e. The molecule has 0 bridgehead atoms. The van der Waals surface area contributed by atoms with E-state index in [0.717, 1.165) is 10.7 Å². The van der Waals surface area contributed by atoms with Crippen molar-refractivity contribution in [2.75, 3.05) is 0 Å². The van der Waals surface area contributed by atoms with Gasteiger partial charge in [-0.25, -0.2) is 4.98 Å². The molecule has 1 aromatic heterocycles. The van der Waals surface area contributed by atoms with E-state index >= 15 is 0 Å². The third-order valence-electron chi connectivity index (χ3n) is 2.29. The van der Waals surface area contributed by atoms with Crippen molar-refractivity contribution in [3.05, 3.63) is 46.3 Å². The fourth-order valence-corrected chi connectivity index (χ4v) is 2.29. The van der Waals surface area contributed by atoms with Gasteiger partial charge in [0.25, 0.3) is 5.69 Å². The highest BCUT2D eigenvalue weighted by Crippen LogP contribution is 2.34. The monoisotopic (exact) mass is 249 g/mol. The van der Waals surface area contributed by atoms with Crippen LogP contribution in [-0.4, -0.2) is 14.5 Å². The van der Waals surface area contributed by atoms with Crippen molar-refractivity contribution in [1.82, 2.24) is 9.55 Å². The minimum Gasteiger partial charge on any atom is -0.329 e. The van der Waals surface area contributed by atoms with Gasteiger partial charge < -0.3 is 4.57 Å². The Morgan fingerprint density at radius 2 is 2.24 bits per heavy atom. The molecule has 2 aromatic rings. The lowest BCUT2D eigenvalue weighted by Crippen LogP contribution is -1.94. The van der Waals surface area contributed by atoms with Gasteiger partial charge in [-0.1, -0.05) is 6.07 Å². The number of imidazole rings is 1. The zero-order valence-electron chi connectivity index (χ0n) is 9.45. The van der Waals surface area contributed by atoms with Gasteiger partial charge in [0.2, 0.25) is 0 Å². The molecular weight excluding hydrogens is 238 g/mol. The summed E-state index contributed by atoms with van der Waals surface area (Å²) in [6, 6.07) is 5.19. The quantitative estimate of drug-likeness (QED) is 0.620. The van der Waals surface area contributed by atoms with Crippen molar-refractivity contribution >= 4 is 17.4 Å². The zero-order valence-corrected chi connectivity index (χ0v) is 10.3. The summed E-state index contributed by atoms with van der Waals surface area (Å²) in [5.41, 5.74) is 0.999. The van der Waals surface area contributed by atoms with Crippen molar-refractivity contribution < 1.29 is 4.92 Å². The number of hydrogen-bond donors (Lipinski definition) is 0. The first-order chi connectivity index (χ1) is 8.08. The molecule has 0 spiro atoms. The fourth-order valence-electron chi connectivity index (χ4n) is 1.41. The molecule has 0 fully saturated rings. The number of aryl methyl sites for hydroxylation is 2. The number of rotatable bonds is 3. The Bertz CT molecular complexity index is 566. The van der Waals surface area contributed by atoms with Crippen LogP contribution in [0.1, 0.15) is 5.56 Å². The van der Waals surface area contributed by atoms with Gasteiger partial charge in [-0.2, -0.15) is 0 Å². The summed E-state index contributed by atoms with van der Waals surface area (Å²) in [4.78, 5) is 15.3. The van der Waals surface area contributed by atoms with Crippen LogP contribution in [0.3, 0.4) is 0 Å². The summed E-state index contributed by atoms with van der Waals surface area (Å²) < 4.78 is 1.83. The lowest BCUT2D eigenvalue weighted by atomic mass is 10.2. The number of nitrogens with zero attached hydrogens (tertiary/aromatic N) is 3. The van der Waals surface area contributed by atoms with E-state index in [0.29, 0.717) is 4.90 Å². The molecule has 5 nitrogen and oxygen atoms in total. The molecule has 0 unspecified atom stereocenters. The van der Waals surface area contributed by atoms with Gasteiger partial charge in [0.15, 0.2) is 5.16 Å². The van der Waals surface area contributed by atoms with Crippen LogP contribution in [0, 0.1) is 17.0 Å². The van der Waals surface area contributed by atoms with E-state index in [2.05, 4.69) is 4.98 Å². The molecule has 0 aliphatic rings. The van der Waals surface area contributed by atoms with E-state index in [1.165, 1.54) is 11.8 Å². The standard InChI is InChI=1S/C11H11N3O2S/c1-8-3-4-10(9(7-8)14(15)16)17-11-12-5-6-13(11)2/h3-7H,1-2H3. The molecule has 88 valence electrons. The zero-order chi connectivity index (χ0) is 12.4. The van der Waals surface area contributed by atoms with Crippen molar-refractivity contribution in [3.8, 4) is 0 Å². The number of nitro benzene ring substituents is 1. The van der Waals surface area contributed by atoms with Gasteiger partial charge in [0.1, 0.15) is 0 Å². The van der Waals surface area contributed by atoms with Crippen molar-refractivity contribution in [1.29, 1.82) is 0 Å². The molecule has 0 atom stereocenters. The summed E-state index contributed by atoms with van der Waals surface area (Å²) in [5.74, 6) is 0. The van der Waals surface area contributed by atoms with E-state index in [1.54, 1.807) is 18.3 Å². The highest BCUT2D eigenvalue weighted by molar-refractivity contribution is 7.99. The predicted octanol–water partition coefficient (Wildman–Crippen LogP) is 2.79. The first-order valence-electron chi connectivity index (χ1n) is 4.98. The Morgan fingerprint density at radius 3 is 2.82 bits per heavy atom. The average Bonchev–Trinajstić information content (AvgIpc) is 2.67. The van der Waals surface area contributed by atoms with Gasteiger partial charge in [-0.3, -0.25) is 10.1 Å². The van der Waals surface area contributed by atoms with Crippen LogP contribution in [0.5, 0.6) is 0 Å². The molecule has 0 radical (unpaired) electrons. The number of nitro groups is 1. The molecule has 6 heteroatoms. The number of benzene rings is 1. The largest absolute Gasteiger partial charge is 0.329 e. The molecule has 1 aromatic carbocycles. The van der Waals surface area contributed by atoms with Gasteiger partial charge in [0.05, 0.1) is 9.82 Å². The van der Waals surface area contributed by atoms with Gasteiger partial charge in [0, 0.05) is 25.5 Å². The molecule has 0 aliphatic heterocycles.